The Hall–Kier alpha value is -2.38. The molecule has 0 radical (unpaired) electrons. The summed E-state index contributed by atoms with van der Waals surface area (Å²) in [6.07, 6.45) is 1.44. The monoisotopic (exact) mass is 331 g/mol. The maximum absolute atomic E-state index is 11.7. The van der Waals surface area contributed by atoms with Gasteiger partial charge in [0, 0.05) is 12.1 Å². The number of nitrogens with zero attached hydrogens (tertiary/aromatic N) is 2. The summed E-state index contributed by atoms with van der Waals surface area (Å²) < 4.78 is 16.5. The zero-order valence-electron chi connectivity index (χ0n) is 13.8. The maximum Gasteiger partial charge on any atom is 0.237 e. The van der Waals surface area contributed by atoms with Gasteiger partial charge in [-0.25, -0.2) is 4.98 Å². The molecule has 1 aromatic heterocycles. The van der Waals surface area contributed by atoms with Gasteiger partial charge in [0.25, 0.3) is 0 Å². The molecule has 0 spiro atoms. The summed E-state index contributed by atoms with van der Waals surface area (Å²) in [6.45, 7) is 3.42. The number of methoxy groups -OCH3 is 1. The molecule has 1 amide bonds. The maximum atomic E-state index is 11.7. The van der Waals surface area contributed by atoms with E-state index in [4.69, 9.17) is 19.6 Å². The number of oxazole rings is 1. The highest BCUT2D eigenvalue weighted by atomic mass is 16.5. The highest BCUT2D eigenvalue weighted by molar-refractivity contribution is 5.80. The van der Waals surface area contributed by atoms with Crippen LogP contribution in [0.1, 0.15) is 12.8 Å². The molecule has 7 heteroatoms. The molecule has 0 bridgehead atoms. The van der Waals surface area contributed by atoms with E-state index in [1.807, 2.05) is 36.1 Å². The number of hydrogen-bond acceptors (Lipinski definition) is 6. The largest absolute Gasteiger partial charge is 0.497 e. The van der Waals surface area contributed by atoms with Gasteiger partial charge in [-0.15, -0.1) is 0 Å². The number of aromatic nitrogens is 1. The first-order valence-corrected chi connectivity index (χ1v) is 7.82. The fourth-order valence-electron chi connectivity index (χ4n) is 2.92. The van der Waals surface area contributed by atoms with Gasteiger partial charge < -0.3 is 19.6 Å². The summed E-state index contributed by atoms with van der Waals surface area (Å²) in [7, 11) is 1.63. The topological polar surface area (TPSA) is 90.8 Å². The highest BCUT2D eigenvalue weighted by Gasteiger charge is 2.34. The molecular weight excluding hydrogens is 310 g/mol. The number of hydrogen-bond donors (Lipinski definition) is 1. The number of ether oxygens (including phenoxy) is 2. The molecule has 1 saturated heterocycles. The van der Waals surface area contributed by atoms with Gasteiger partial charge in [-0.3, -0.25) is 9.69 Å². The molecule has 24 heavy (non-hydrogen) atoms. The van der Waals surface area contributed by atoms with Crippen LogP contribution in [-0.4, -0.2) is 48.2 Å². The summed E-state index contributed by atoms with van der Waals surface area (Å²) in [6, 6.07) is 7.07. The van der Waals surface area contributed by atoms with Gasteiger partial charge in [-0.05, 0) is 31.2 Å². The van der Waals surface area contributed by atoms with Crippen LogP contribution in [0.15, 0.2) is 34.9 Å². The average molecular weight is 331 g/mol. The zero-order chi connectivity index (χ0) is 17.1. The molecule has 1 aliphatic heterocycles. The molecule has 2 heterocycles. The molecule has 7 nitrogen and oxygen atoms in total. The first kappa shape index (κ1) is 16.5. The first-order chi connectivity index (χ1) is 11.6. The Labute approximate surface area is 140 Å². The molecular formula is C17H21N3O4. The van der Waals surface area contributed by atoms with Gasteiger partial charge >= 0.3 is 0 Å². The van der Waals surface area contributed by atoms with Crippen molar-refractivity contribution in [2.45, 2.75) is 25.6 Å². The van der Waals surface area contributed by atoms with Crippen LogP contribution in [0.2, 0.25) is 0 Å². The Morgan fingerprint density at radius 1 is 1.42 bits per heavy atom. The number of carbonyl (C=O) groups excluding carboxylic acids is 1. The van der Waals surface area contributed by atoms with E-state index in [1.54, 1.807) is 13.3 Å². The first-order valence-electron chi connectivity index (χ1n) is 7.82. The lowest BCUT2D eigenvalue weighted by Gasteiger charge is -2.37. The van der Waals surface area contributed by atoms with E-state index in [9.17, 15) is 4.79 Å². The minimum Gasteiger partial charge on any atom is -0.497 e. The molecule has 128 valence electrons. The molecule has 3 rings (SSSR count). The predicted octanol–water partition coefficient (Wildman–Crippen LogP) is 1.42. The second kappa shape index (κ2) is 7.02. The van der Waals surface area contributed by atoms with Gasteiger partial charge in [0.05, 0.1) is 32.6 Å². The zero-order valence-corrected chi connectivity index (χ0v) is 13.8. The van der Waals surface area contributed by atoms with Gasteiger partial charge in [-0.2, -0.15) is 0 Å². The molecule has 1 aromatic carbocycles. The second-order valence-corrected chi connectivity index (χ2v) is 5.74. The minimum atomic E-state index is -0.477. The van der Waals surface area contributed by atoms with E-state index in [1.165, 1.54) is 0 Å². The summed E-state index contributed by atoms with van der Waals surface area (Å²) >= 11 is 0. The van der Waals surface area contributed by atoms with Gasteiger partial charge in [0.1, 0.15) is 11.8 Å². The predicted molar refractivity (Wildman–Crippen MR) is 87.3 cm³/mol. The van der Waals surface area contributed by atoms with Crippen molar-refractivity contribution in [3.63, 3.8) is 0 Å². The molecule has 2 aromatic rings. The Balaban J connectivity index is 1.74. The van der Waals surface area contributed by atoms with Crippen LogP contribution in [0, 0.1) is 0 Å². The van der Waals surface area contributed by atoms with Crippen LogP contribution < -0.4 is 10.5 Å². The number of morpholine rings is 1. The van der Waals surface area contributed by atoms with Crippen molar-refractivity contribution in [1.29, 1.82) is 0 Å². The molecule has 2 N–H and O–H groups in total. The Bertz CT molecular complexity index is 698. The van der Waals surface area contributed by atoms with Gasteiger partial charge in [-0.1, -0.05) is 0 Å². The van der Waals surface area contributed by atoms with Crippen LogP contribution >= 0.6 is 0 Å². The number of amides is 1. The minimum absolute atomic E-state index is 0.243. The van der Waals surface area contributed by atoms with Crippen LogP contribution in [0.5, 0.6) is 5.75 Å². The third-order valence-electron chi connectivity index (χ3n) is 4.16. The van der Waals surface area contributed by atoms with Crippen molar-refractivity contribution in [3.8, 4) is 17.1 Å². The Morgan fingerprint density at radius 3 is 2.83 bits per heavy atom. The fourth-order valence-corrected chi connectivity index (χ4v) is 2.92. The van der Waals surface area contributed by atoms with Crippen molar-refractivity contribution in [3.05, 3.63) is 36.4 Å². The van der Waals surface area contributed by atoms with Crippen molar-refractivity contribution < 1.29 is 18.7 Å². The van der Waals surface area contributed by atoms with Crippen molar-refractivity contribution in [1.82, 2.24) is 9.88 Å². The van der Waals surface area contributed by atoms with E-state index < -0.39 is 11.9 Å². The van der Waals surface area contributed by atoms with Crippen molar-refractivity contribution in [2.75, 3.05) is 20.3 Å². The second-order valence-electron chi connectivity index (χ2n) is 5.74. The van der Waals surface area contributed by atoms with Crippen LogP contribution in [0.3, 0.4) is 0 Å². The fraction of sp³-hybridized carbons (Fsp3) is 0.412. The third kappa shape index (κ3) is 3.42. The number of carbonyl (C=O) groups is 1. The van der Waals surface area contributed by atoms with E-state index >= 15 is 0 Å². The number of primary amides is 1. The van der Waals surface area contributed by atoms with E-state index in [-0.39, 0.29) is 6.10 Å². The van der Waals surface area contributed by atoms with Gasteiger partial charge in [0.15, 0.2) is 5.76 Å². The van der Waals surface area contributed by atoms with Crippen LogP contribution in [0.25, 0.3) is 11.3 Å². The number of nitrogens with two attached hydrogens (primary N) is 1. The summed E-state index contributed by atoms with van der Waals surface area (Å²) in [5.41, 5.74) is 6.42. The van der Waals surface area contributed by atoms with Crippen LogP contribution in [-0.2, 0) is 16.1 Å². The van der Waals surface area contributed by atoms with Crippen LogP contribution in [0.4, 0.5) is 0 Å². The molecule has 1 aliphatic rings. The SMILES string of the molecule is COc1ccc(-c2cnc(CN3CCO[C@H](C)[C@H]3C(N)=O)o2)cc1. The third-order valence-corrected chi connectivity index (χ3v) is 4.16. The lowest BCUT2D eigenvalue weighted by Crippen LogP contribution is -2.56. The summed E-state index contributed by atoms with van der Waals surface area (Å²) in [5, 5.41) is 0. The number of benzene rings is 1. The number of rotatable bonds is 5. The smallest absolute Gasteiger partial charge is 0.237 e. The molecule has 1 fully saturated rings. The molecule has 0 unspecified atom stereocenters. The van der Waals surface area contributed by atoms with Crippen molar-refractivity contribution >= 4 is 5.91 Å². The van der Waals surface area contributed by atoms with E-state index in [0.29, 0.717) is 31.3 Å². The van der Waals surface area contributed by atoms with E-state index in [0.717, 1.165) is 11.3 Å². The quantitative estimate of drug-likeness (QED) is 0.891. The Kier molecular flexibility index (Phi) is 4.82. The summed E-state index contributed by atoms with van der Waals surface area (Å²) in [5.74, 6) is 1.60. The van der Waals surface area contributed by atoms with E-state index in [2.05, 4.69) is 4.98 Å². The lowest BCUT2D eigenvalue weighted by molar-refractivity contribution is -0.136. The molecule has 2 atom stereocenters. The average Bonchev–Trinajstić information content (AvgIpc) is 3.03. The standard InChI is InChI=1S/C17H21N3O4/c1-11-16(17(18)21)20(7-8-23-11)10-15-19-9-14(24-15)12-3-5-13(22-2)6-4-12/h3-6,9,11,16H,7-8,10H2,1-2H3,(H2,18,21)/t11-,16+/m1/s1. The lowest BCUT2D eigenvalue weighted by atomic mass is 10.1. The van der Waals surface area contributed by atoms with Crippen molar-refractivity contribution in [2.24, 2.45) is 5.73 Å². The van der Waals surface area contributed by atoms with Gasteiger partial charge in [0.2, 0.25) is 11.8 Å². The highest BCUT2D eigenvalue weighted by Crippen LogP contribution is 2.24. The molecule has 0 aliphatic carbocycles. The Morgan fingerprint density at radius 2 is 2.17 bits per heavy atom. The molecule has 0 saturated carbocycles. The normalized spacial score (nSPS) is 21.6. The summed E-state index contributed by atoms with van der Waals surface area (Å²) in [4.78, 5) is 18.0.